The number of aromatic nitrogens is 4. The Morgan fingerprint density at radius 3 is 2.68 bits per heavy atom. The van der Waals surface area contributed by atoms with Crippen molar-refractivity contribution >= 4 is 34.0 Å². The highest BCUT2D eigenvalue weighted by molar-refractivity contribution is 7.19. The molecular formula is C23H17N5O2S. The fourth-order valence-electron chi connectivity index (χ4n) is 3.13. The van der Waals surface area contributed by atoms with E-state index in [0.29, 0.717) is 16.4 Å². The van der Waals surface area contributed by atoms with Crippen LogP contribution in [0.4, 0.5) is 5.69 Å². The normalized spacial score (nSPS) is 11.4. The van der Waals surface area contributed by atoms with Crippen LogP contribution in [-0.4, -0.2) is 25.7 Å². The zero-order valence-corrected chi connectivity index (χ0v) is 17.3. The number of carbonyl (C=O) groups is 1. The maximum atomic E-state index is 12.5. The van der Waals surface area contributed by atoms with Crippen molar-refractivity contribution in [3.8, 4) is 21.9 Å². The van der Waals surface area contributed by atoms with E-state index in [4.69, 9.17) is 4.42 Å². The molecule has 8 heteroatoms. The summed E-state index contributed by atoms with van der Waals surface area (Å²) in [7, 11) is 0. The van der Waals surface area contributed by atoms with Crippen molar-refractivity contribution in [2.75, 3.05) is 5.32 Å². The van der Waals surface area contributed by atoms with Crippen LogP contribution in [0.5, 0.6) is 0 Å². The molecule has 0 aliphatic heterocycles. The van der Waals surface area contributed by atoms with E-state index >= 15 is 0 Å². The van der Waals surface area contributed by atoms with Gasteiger partial charge in [0.15, 0.2) is 5.82 Å². The number of nitrogens with zero attached hydrogens (tertiary/aromatic N) is 4. The maximum Gasteiger partial charge on any atom is 0.248 e. The summed E-state index contributed by atoms with van der Waals surface area (Å²) in [6, 6.07) is 21.1. The number of hydrogen-bond donors (Lipinski definition) is 1. The summed E-state index contributed by atoms with van der Waals surface area (Å²) >= 11 is 1.42. The molecule has 0 atom stereocenters. The van der Waals surface area contributed by atoms with Crippen LogP contribution in [0.15, 0.2) is 77.2 Å². The molecule has 1 amide bonds. The Balaban J connectivity index is 1.34. The Kier molecular flexibility index (Phi) is 4.89. The number of hydrogen-bond acceptors (Lipinski definition) is 6. The molecule has 1 N–H and O–H groups in total. The molecular weight excluding hydrogens is 410 g/mol. The molecule has 0 aliphatic rings. The number of fused-ring (bicyclic) bond motifs is 1. The number of amides is 1. The summed E-state index contributed by atoms with van der Waals surface area (Å²) in [6.07, 6.45) is 3.10. The highest BCUT2D eigenvalue weighted by Crippen LogP contribution is 2.31. The first-order chi connectivity index (χ1) is 15.2. The van der Waals surface area contributed by atoms with Gasteiger partial charge in [-0.25, -0.2) is 0 Å². The molecule has 0 bridgehead atoms. The first-order valence-corrected chi connectivity index (χ1v) is 10.4. The third-order valence-electron chi connectivity index (χ3n) is 4.65. The number of benzene rings is 2. The molecule has 0 aliphatic carbocycles. The van der Waals surface area contributed by atoms with Crippen LogP contribution < -0.4 is 5.32 Å². The van der Waals surface area contributed by atoms with Crippen molar-refractivity contribution in [2.45, 2.75) is 6.92 Å². The summed E-state index contributed by atoms with van der Waals surface area (Å²) in [5.74, 6) is 1.82. The minimum absolute atomic E-state index is 0.260. The highest BCUT2D eigenvalue weighted by atomic mass is 32.1. The van der Waals surface area contributed by atoms with Crippen LogP contribution in [0, 0.1) is 6.92 Å². The Labute approximate surface area is 181 Å². The lowest BCUT2D eigenvalue weighted by atomic mass is 10.2. The van der Waals surface area contributed by atoms with E-state index in [-0.39, 0.29) is 5.91 Å². The van der Waals surface area contributed by atoms with E-state index in [0.717, 1.165) is 27.7 Å². The molecule has 0 saturated carbocycles. The summed E-state index contributed by atoms with van der Waals surface area (Å²) in [5.41, 5.74) is 2.48. The van der Waals surface area contributed by atoms with E-state index in [9.17, 15) is 4.79 Å². The highest BCUT2D eigenvalue weighted by Gasteiger charge is 2.14. The molecule has 5 aromatic rings. The number of furan rings is 1. The molecule has 0 fully saturated rings. The maximum absolute atomic E-state index is 12.5. The van der Waals surface area contributed by atoms with E-state index in [2.05, 4.69) is 20.6 Å². The zero-order chi connectivity index (χ0) is 21.2. The first-order valence-electron chi connectivity index (χ1n) is 9.60. The molecule has 5 rings (SSSR count). The number of anilines is 1. The molecule has 31 heavy (non-hydrogen) atoms. The first kappa shape index (κ1) is 19.0. The fraction of sp³-hybridized carbons (Fsp3) is 0.0435. The summed E-state index contributed by atoms with van der Waals surface area (Å²) in [6.45, 7) is 1.85. The van der Waals surface area contributed by atoms with Gasteiger partial charge in [-0.05, 0) is 37.3 Å². The van der Waals surface area contributed by atoms with Gasteiger partial charge >= 0.3 is 0 Å². The molecule has 0 radical (unpaired) electrons. The van der Waals surface area contributed by atoms with Crippen molar-refractivity contribution in [2.24, 2.45) is 0 Å². The van der Waals surface area contributed by atoms with Crippen molar-refractivity contribution in [3.63, 3.8) is 0 Å². The molecule has 152 valence electrons. The van der Waals surface area contributed by atoms with Crippen LogP contribution in [0.2, 0.25) is 0 Å². The quantitative estimate of drug-likeness (QED) is 0.396. The second-order valence-electron chi connectivity index (χ2n) is 6.79. The van der Waals surface area contributed by atoms with Crippen LogP contribution in [0.3, 0.4) is 0 Å². The Morgan fingerprint density at radius 2 is 1.84 bits per heavy atom. The molecule has 3 aromatic heterocycles. The standard InChI is InChI=1S/C23H17N5O2S/c1-15-25-26-23-28(15)27-22(31-23)18-9-5-6-10-19(18)24-21(29)14-12-17-11-13-20(30-17)16-7-3-2-4-8-16/h2-14H,1H3,(H,24,29)/b14-12+. The monoisotopic (exact) mass is 427 g/mol. The predicted octanol–water partition coefficient (Wildman–Crippen LogP) is 5.07. The Hall–Kier alpha value is -4.04. The second kappa shape index (κ2) is 8.00. The minimum atomic E-state index is -0.260. The zero-order valence-electron chi connectivity index (χ0n) is 16.5. The van der Waals surface area contributed by atoms with Crippen molar-refractivity contribution in [1.82, 2.24) is 19.8 Å². The van der Waals surface area contributed by atoms with Gasteiger partial charge in [0.1, 0.15) is 16.5 Å². The molecule has 0 saturated heterocycles. The number of para-hydroxylation sites is 1. The third-order valence-corrected chi connectivity index (χ3v) is 5.58. The second-order valence-corrected chi connectivity index (χ2v) is 7.74. The third kappa shape index (κ3) is 3.88. The number of aryl methyl sites for hydroxylation is 1. The van der Waals surface area contributed by atoms with E-state index in [1.165, 1.54) is 17.4 Å². The van der Waals surface area contributed by atoms with Crippen LogP contribution >= 0.6 is 11.3 Å². The van der Waals surface area contributed by atoms with Crippen molar-refractivity contribution < 1.29 is 9.21 Å². The fourth-order valence-corrected chi connectivity index (χ4v) is 4.06. The Morgan fingerprint density at radius 1 is 1.03 bits per heavy atom. The van der Waals surface area contributed by atoms with Gasteiger partial charge in [-0.15, -0.1) is 10.2 Å². The van der Waals surface area contributed by atoms with Gasteiger partial charge in [-0.1, -0.05) is 53.8 Å². The summed E-state index contributed by atoms with van der Waals surface area (Å²) in [5, 5.41) is 16.4. The molecule has 7 nitrogen and oxygen atoms in total. The van der Waals surface area contributed by atoms with Crippen LogP contribution in [0.1, 0.15) is 11.6 Å². The molecule has 0 spiro atoms. The van der Waals surface area contributed by atoms with Gasteiger partial charge in [-0.2, -0.15) is 9.61 Å². The van der Waals surface area contributed by atoms with Gasteiger partial charge in [0.2, 0.25) is 10.9 Å². The van der Waals surface area contributed by atoms with E-state index in [1.54, 1.807) is 10.6 Å². The lowest BCUT2D eigenvalue weighted by Gasteiger charge is -2.07. The SMILES string of the molecule is Cc1nnc2sc(-c3ccccc3NC(=O)/C=C/c3ccc(-c4ccccc4)o3)nn12. The van der Waals surface area contributed by atoms with Gasteiger partial charge in [0.05, 0.1) is 5.69 Å². The minimum Gasteiger partial charge on any atom is -0.457 e. The number of carbonyl (C=O) groups excluding carboxylic acids is 1. The van der Waals surface area contributed by atoms with Gasteiger partial charge in [0, 0.05) is 17.2 Å². The van der Waals surface area contributed by atoms with E-state index < -0.39 is 0 Å². The smallest absolute Gasteiger partial charge is 0.248 e. The average molecular weight is 427 g/mol. The number of rotatable bonds is 5. The Bertz CT molecular complexity index is 1400. The number of nitrogens with one attached hydrogen (secondary N) is 1. The predicted molar refractivity (Wildman–Crippen MR) is 121 cm³/mol. The lowest BCUT2D eigenvalue weighted by Crippen LogP contribution is -2.08. The summed E-state index contributed by atoms with van der Waals surface area (Å²) < 4.78 is 7.50. The van der Waals surface area contributed by atoms with E-state index in [1.807, 2.05) is 73.7 Å². The van der Waals surface area contributed by atoms with Crippen LogP contribution in [0.25, 0.3) is 32.9 Å². The molecule has 2 aromatic carbocycles. The summed E-state index contributed by atoms with van der Waals surface area (Å²) in [4.78, 5) is 13.2. The topological polar surface area (TPSA) is 85.3 Å². The van der Waals surface area contributed by atoms with Crippen molar-refractivity contribution in [1.29, 1.82) is 0 Å². The van der Waals surface area contributed by atoms with Crippen LogP contribution in [-0.2, 0) is 4.79 Å². The van der Waals surface area contributed by atoms with Gasteiger partial charge in [0.25, 0.3) is 0 Å². The average Bonchev–Trinajstić information content (AvgIpc) is 3.51. The molecule has 3 heterocycles. The van der Waals surface area contributed by atoms with Crippen molar-refractivity contribution in [3.05, 3.63) is 84.4 Å². The van der Waals surface area contributed by atoms with Gasteiger partial charge in [-0.3, -0.25) is 4.79 Å². The van der Waals surface area contributed by atoms with Gasteiger partial charge < -0.3 is 9.73 Å². The lowest BCUT2D eigenvalue weighted by molar-refractivity contribution is -0.111. The molecule has 0 unspecified atom stereocenters. The largest absolute Gasteiger partial charge is 0.457 e.